The number of carbonyl (C=O) groups is 1. The Kier molecular flexibility index (Phi) is 4.50. The zero-order chi connectivity index (χ0) is 18.8. The second kappa shape index (κ2) is 7.11. The second-order valence-corrected chi connectivity index (χ2v) is 6.54. The summed E-state index contributed by atoms with van der Waals surface area (Å²) < 4.78 is 10.8. The molecule has 1 aliphatic heterocycles. The molecule has 2 heterocycles. The van der Waals surface area contributed by atoms with Gasteiger partial charge in [-0.1, -0.05) is 35.9 Å². The molecule has 0 aliphatic carbocycles. The van der Waals surface area contributed by atoms with Crippen LogP contribution >= 0.6 is 0 Å². The van der Waals surface area contributed by atoms with Crippen LogP contribution < -0.4 is 4.74 Å². The number of amides is 1. The molecule has 0 N–H and O–H groups in total. The molecule has 27 heavy (non-hydrogen) atoms. The minimum Gasteiger partial charge on any atom is -0.497 e. The van der Waals surface area contributed by atoms with E-state index < -0.39 is 0 Å². The van der Waals surface area contributed by atoms with Crippen molar-refractivity contribution in [2.75, 3.05) is 7.11 Å². The van der Waals surface area contributed by atoms with Crippen molar-refractivity contribution < 1.29 is 13.9 Å². The van der Waals surface area contributed by atoms with E-state index in [1.807, 2.05) is 43.3 Å². The van der Waals surface area contributed by atoms with Gasteiger partial charge in [-0.15, -0.1) is 0 Å². The number of furan rings is 1. The number of hydrogen-bond donors (Lipinski definition) is 0. The molecule has 0 radical (unpaired) electrons. The van der Waals surface area contributed by atoms with Gasteiger partial charge in [0.2, 0.25) is 0 Å². The highest BCUT2D eigenvalue weighted by molar-refractivity contribution is 6.03. The molecule has 1 aliphatic rings. The molecule has 0 saturated carbocycles. The zero-order valence-corrected chi connectivity index (χ0v) is 15.3. The molecule has 1 aromatic heterocycles. The lowest BCUT2D eigenvalue weighted by atomic mass is 9.99. The summed E-state index contributed by atoms with van der Waals surface area (Å²) in [6.45, 7) is 2.04. The molecule has 5 nitrogen and oxygen atoms in total. The van der Waals surface area contributed by atoms with Gasteiger partial charge in [0.25, 0.3) is 5.91 Å². The van der Waals surface area contributed by atoms with Gasteiger partial charge in [-0.05, 0) is 42.8 Å². The van der Waals surface area contributed by atoms with Crippen LogP contribution in [-0.4, -0.2) is 23.7 Å². The van der Waals surface area contributed by atoms with Crippen LogP contribution in [0.15, 0.2) is 76.4 Å². The van der Waals surface area contributed by atoms with E-state index in [4.69, 9.17) is 9.15 Å². The molecule has 3 aromatic rings. The minimum absolute atomic E-state index is 0.165. The molecular formula is C22H20N2O3. The van der Waals surface area contributed by atoms with Crippen LogP contribution in [0.3, 0.4) is 0 Å². The fourth-order valence-corrected chi connectivity index (χ4v) is 3.31. The van der Waals surface area contributed by atoms with Gasteiger partial charge in [0.1, 0.15) is 17.2 Å². The predicted octanol–water partition coefficient (Wildman–Crippen LogP) is 4.59. The van der Waals surface area contributed by atoms with Gasteiger partial charge in [0.15, 0.2) is 0 Å². The highest BCUT2D eigenvalue weighted by atomic mass is 16.5. The van der Waals surface area contributed by atoms with E-state index in [1.54, 1.807) is 36.6 Å². The molecule has 0 unspecified atom stereocenters. The number of aryl methyl sites for hydroxylation is 1. The average molecular weight is 360 g/mol. The molecule has 2 aromatic carbocycles. The number of benzene rings is 2. The summed E-state index contributed by atoms with van der Waals surface area (Å²) in [6.07, 6.45) is 2.22. The minimum atomic E-state index is -0.177. The number of hydrazone groups is 1. The number of methoxy groups -OCH3 is 1. The summed E-state index contributed by atoms with van der Waals surface area (Å²) in [6, 6.07) is 18.8. The van der Waals surface area contributed by atoms with E-state index >= 15 is 0 Å². The quantitative estimate of drug-likeness (QED) is 0.684. The largest absolute Gasteiger partial charge is 0.497 e. The van der Waals surface area contributed by atoms with Crippen molar-refractivity contribution >= 4 is 11.6 Å². The van der Waals surface area contributed by atoms with Gasteiger partial charge in [-0.3, -0.25) is 4.79 Å². The summed E-state index contributed by atoms with van der Waals surface area (Å²) in [4.78, 5) is 13.2. The average Bonchev–Trinajstić information content (AvgIpc) is 3.37. The second-order valence-electron chi connectivity index (χ2n) is 6.54. The van der Waals surface area contributed by atoms with Crippen molar-refractivity contribution in [3.63, 3.8) is 0 Å². The molecule has 0 fully saturated rings. The number of nitrogens with zero attached hydrogens (tertiary/aromatic N) is 2. The number of ether oxygens (including phenoxy) is 1. The first-order valence-corrected chi connectivity index (χ1v) is 8.81. The van der Waals surface area contributed by atoms with Crippen LogP contribution in [-0.2, 0) is 0 Å². The van der Waals surface area contributed by atoms with Gasteiger partial charge in [-0.2, -0.15) is 5.10 Å². The van der Waals surface area contributed by atoms with Crippen LogP contribution in [0.1, 0.15) is 39.7 Å². The topological polar surface area (TPSA) is 55.0 Å². The van der Waals surface area contributed by atoms with Gasteiger partial charge in [0.05, 0.1) is 19.4 Å². The maximum absolute atomic E-state index is 13.2. The molecule has 136 valence electrons. The van der Waals surface area contributed by atoms with E-state index in [1.165, 1.54) is 0 Å². The van der Waals surface area contributed by atoms with Crippen LogP contribution in [0.2, 0.25) is 0 Å². The fourth-order valence-electron chi connectivity index (χ4n) is 3.31. The lowest BCUT2D eigenvalue weighted by Crippen LogP contribution is -2.27. The maximum atomic E-state index is 13.2. The van der Waals surface area contributed by atoms with E-state index in [2.05, 4.69) is 11.2 Å². The molecular weight excluding hydrogens is 340 g/mol. The van der Waals surface area contributed by atoms with Crippen molar-refractivity contribution in [1.29, 1.82) is 0 Å². The van der Waals surface area contributed by atoms with Gasteiger partial charge in [0, 0.05) is 12.0 Å². The molecule has 1 atom stereocenters. The SMILES string of the molecule is COc1cccc(C(=O)N2N=C(c3ccco3)C[C@H]2c2cccc(C)c2)c1. The summed E-state index contributed by atoms with van der Waals surface area (Å²) in [5, 5.41) is 6.17. The third kappa shape index (κ3) is 3.36. The van der Waals surface area contributed by atoms with Gasteiger partial charge in [-0.25, -0.2) is 5.01 Å². The standard InChI is InChI=1S/C22H20N2O3/c1-15-6-3-7-16(12-15)20-14-19(21-10-5-11-27-21)23-24(20)22(25)17-8-4-9-18(13-17)26-2/h3-13,20H,14H2,1-2H3/t20-/m0/s1. The number of carbonyl (C=O) groups excluding carboxylic acids is 1. The monoisotopic (exact) mass is 360 g/mol. The smallest absolute Gasteiger partial charge is 0.274 e. The van der Waals surface area contributed by atoms with Gasteiger partial charge < -0.3 is 9.15 Å². The first-order chi connectivity index (χ1) is 13.2. The van der Waals surface area contributed by atoms with Crippen molar-refractivity contribution in [3.8, 4) is 5.75 Å². The summed E-state index contributed by atoms with van der Waals surface area (Å²) in [7, 11) is 1.59. The highest BCUT2D eigenvalue weighted by Gasteiger charge is 2.34. The Bertz CT molecular complexity index is 992. The fraction of sp³-hybridized carbons (Fsp3) is 0.182. The summed E-state index contributed by atoms with van der Waals surface area (Å²) in [5.41, 5.74) is 3.50. The Morgan fingerprint density at radius 3 is 2.74 bits per heavy atom. The predicted molar refractivity (Wildman–Crippen MR) is 103 cm³/mol. The lowest BCUT2D eigenvalue weighted by Gasteiger charge is -2.22. The maximum Gasteiger partial charge on any atom is 0.274 e. The molecule has 5 heteroatoms. The Labute approximate surface area is 157 Å². The Balaban J connectivity index is 1.73. The van der Waals surface area contributed by atoms with Crippen LogP contribution in [0.5, 0.6) is 5.75 Å². The normalized spacial score (nSPS) is 16.3. The third-order valence-electron chi connectivity index (χ3n) is 4.67. The summed E-state index contributed by atoms with van der Waals surface area (Å²) >= 11 is 0. The Hall–Kier alpha value is -3.34. The van der Waals surface area contributed by atoms with E-state index in [0.29, 0.717) is 23.5 Å². The van der Waals surface area contributed by atoms with Crippen LogP contribution in [0.4, 0.5) is 0 Å². The van der Waals surface area contributed by atoms with Crippen molar-refractivity contribution in [2.24, 2.45) is 5.10 Å². The number of rotatable bonds is 4. The molecule has 0 saturated heterocycles. The highest BCUT2D eigenvalue weighted by Crippen LogP contribution is 2.34. The van der Waals surface area contributed by atoms with E-state index in [9.17, 15) is 4.79 Å². The molecule has 1 amide bonds. The Morgan fingerprint density at radius 1 is 1.15 bits per heavy atom. The van der Waals surface area contributed by atoms with Crippen molar-refractivity contribution in [2.45, 2.75) is 19.4 Å². The van der Waals surface area contributed by atoms with Gasteiger partial charge >= 0.3 is 0 Å². The molecule has 0 spiro atoms. The molecule has 4 rings (SSSR count). The van der Waals surface area contributed by atoms with Crippen molar-refractivity contribution in [1.82, 2.24) is 5.01 Å². The van der Waals surface area contributed by atoms with E-state index in [-0.39, 0.29) is 11.9 Å². The first kappa shape index (κ1) is 17.1. The van der Waals surface area contributed by atoms with Crippen molar-refractivity contribution in [3.05, 3.63) is 89.4 Å². The third-order valence-corrected chi connectivity index (χ3v) is 4.67. The zero-order valence-electron chi connectivity index (χ0n) is 15.3. The molecule has 0 bridgehead atoms. The van der Waals surface area contributed by atoms with Crippen LogP contribution in [0, 0.1) is 6.92 Å². The lowest BCUT2D eigenvalue weighted by molar-refractivity contribution is 0.0710. The summed E-state index contributed by atoms with van der Waals surface area (Å²) in [5.74, 6) is 1.16. The Morgan fingerprint density at radius 2 is 2.00 bits per heavy atom. The number of hydrogen-bond acceptors (Lipinski definition) is 4. The van der Waals surface area contributed by atoms with Crippen LogP contribution in [0.25, 0.3) is 0 Å². The first-order valence-electron chi connectivity index (χ1n) is 8.81. The van der Waals surface area contributed by atoms with E-state index in [0.717, 1.165) is 16.8 Å².